The van der Waals surface area contributed by atoms with Gasteiger partial charge in [-0.3, -0.25) is 4.79 Å². The zero-order valence-electron chi connectivity index (χ0n) is 20.8. The van der Waals surface area contributed by atoms with E-state index in [1.54, 1.807) is 31.2 Å². The van der Waals surface area contributed by atoms with Crippen molar-refractivity contribution in [1.82, 2.24) is 4.72 Å². The van der Waals surface area contributed by atoms with E-state index in [0.29, 0.717) is 5.56 Å². The number of aryl methyl sites for hydroxylation is 1. The van der Waals surface area contributed by atoms with E-state index in [2.05, 4.69) is 42.0 Å². The van der Waals surface area contributed by atoms with Crippen molar-refractivity contribution in [3.63, 3.8) is 0 Å². The molecule has 1 atom stereocenters. The maximum atomic E-state index is 12.6. The average Bonchev–Trinajstić information content (AvgIpc) is 2.92. The van der Waals surface area contributed by atoms with Gasteiger partial charge in [0.2, 0.25) is 0 Å². The molecule has 0 aromatic heterocycles. The predicted molar refractivity (Wildman–Crippen MR) is 150 cm³/mol. The van der Waals surface area contributed by atoms with Crippen LogP contribution in [0.15, 0.2) is 126 Å². The first-order valence-electron chi connectivity index (χ1n) is 12.1. The molecule has 0 saturated carbocycles. The minimum Gasteiger partial charge on any atom is -0.269 e. The number of carbonyl (C=O) groups is 1. The van der Waals surface area contributed by atoms with Crippen LogP contribution in [0, 0.1) is 6.92 Å². The van der Waals surface area contributed by atoms with Gasteiger partial charge in [0.1, 0.15) is 0 Å². The molecule has 1 unspecified atom stereocenters. The molecule has 0 aliphatic rings. The van der Waals surface area contributed by atoms with E-state index in [9.17, 15) is 13.2 Å². The first-order chi connectivity index (χ1) is 17.9. The molecule has 0 radical (unpaired) electrons. The molecule has 0 aliphatic heterocycles. The highest BCUT2D eigenvalue weighted by atomic mass is 32.2. The lowest BCUT2D eigenvalue weighted by Gasteiger charge is -2.22. The molecule has 0 heterocycles. The molecule has 0 aliphatic carbocycles. The second kappa shape index (κ2) is 11.7. The molecule has 0 fully saturated rings. The fraction of sp³-hybridized carbons (Fsp3) is 0.0938. The SMILES string of the molecule is CC=C(c1ccccc1)C(c1ccccc1)c1ccc(C=CC(=O)NS(=O)(=O)c2ccccc2C)cc1. The molecule has 1 N–H and O–H groups in total. The van der Waals surface area contributed by atoms with Gasteiger partial charge in [-0.25, -0.2) is 13.1 Å². The van der Waals surface area contributed by atoms with Crippen molar-refractivity contribution in [2.75, 3.05) is 0 Å². The third-order valence-electron chi connectivity index (χ3n) is 6.18. The third-order valence-corrected chi connectivity index (χ3v) is 7.68. The first-order valence-corrected chi connectivity index (χ1v) is 13.5. The number of sulfonamides is 1. The molecule has 0 saturated heterocycles. The maximum absolute atomic E-state index is 12.6. The van der Waals surface area contributed by atoms with Crippen LogP contribution in [0.2, 0.25) is 0 Å². The fourth-order valence-corrected chi connectivity index (χ4v) is 5.57. The molecule has 4 rings (SSSR count). The van der Waals surface area contributed by atoms with Gasteiger partial charge in [-0.1, -0.05) is 109 Å². The van der Waals surface area contributed by atoms with E-state index in [0.717, 1.165) is 16.7 Å². The molecule has 1 amide bonds. The Bertz CT molecular complexity index is 1520. The molecular weight excluding hydrogens is 478 g/mol. The van der Waals surface area contributed by atoms with Crippen molar-refractivity contribution in [3.8, 4) is 0 Å². The molecule has 5 heteroatoms. The minimum atomic E-state index is -3.94. The van der Waals surface area contributed by atoms with Crippen LogP contribution in [0.5, 0.6) is 0 Å². The van der Waals surface area contributed by atoms with Crippen molar-refractivity contribution in [3.05, 3.63) is 149 Å². The summed E-state index contributed by atoms with van der Waals surface area (Å²) in [4.78, 5) is 12.5. The van der Waals surface area contributed by atoms with Crippen LogP contribution in [-0.2, 0) is 14.8 Å². The maximum Gasteiger partial charge on any atom is 0.264 e. The van der Waals surface area contributed by atoms with Gasteiger partial charge in [0.25, 0.3) is 15.9 Å². The van der Waals surface area contributed by atoms with Gasteiger partial charge in [0.05, 0.1) is 4.90 Å². The summed E-state index contributed by atoms with van der Waals surface area (Å²) in [5.41, 5.74) is 6.03. The lowest BCUT2D eigenvalue weighted by atomic mass is 9.81. The van der Waals surface area contributed by atoms with Crippen molar-refractivity contribution >= 4 is 27.6 Å². The summed E-state index contributed by atoms with van der Waals surface area (Å²) in [6.45, 7) is 3.75. The Kier molecular flexibility index (Phi) is 8.16. The highest BCUT2D eigenvalue weighted by molar-refractivity contribution is 7.90. The smallest absolute Gasteiger partial charge is 0.264 e. The van der Waals surface area contributed by atoms with Crippen LogP contribution in [0.25, 0.3) is 11.6 Å². The van der Waals surface area contributed by atoms with Crippen LogP contribution in [0.4, 0.5) is 0 Å². The minimum absolute atomic E-state index is 0.0363. The van der Waals surface area contributed by atoms with Gasteiger partial charge >= 0.3 is 0 Å². The van der Waals surface area contributed by atoms with Crippen molar-refractivity contribution < 1.29 is 13.2 Å². The number of rotatable bonds is 8. The molecule has 0 bridgehead atoms. The van der Waals surface area contributed by atoms with E-state index in [4.69, 9.17) is 0 Å². The molecular formula is C32H29NO3S. The highest BCUT2D eigenvalue weighted by Gasteiger charge is 2.20. The summed E-state index contributed by atoms with van der Waals surface area (Å²) in [5, 5.41) is 0. The van der Waals surface area contributed by atoms with Gasteiger partial charge in [0.15, 0.2) is 0 Å². The van der Waals surface area contributed by atoms with E-state index in [1.807, 2.05) is 60.7 Å². The van der Waals surface area contributed by atoms with E-state index in [-0.39, 0.29) is 10.8 Å². The van der Waals surface area contributed by atoms with Gasteiger partial charge in [-0.15, -0.1) is 0 Å². The standard InChI is InChI=1S/C32H29NO3S/c1-3-29(26-13-6-4-7-14-26)32(27-15-8-5-9-16-27)28-21-18-25(19-22-28)20-23-31(34)33-37(35,36)30-17-11-10-12-24(30)2/h3-23,32H,1-2H3,(H,33,34). The summed E-state index contributed by atoms with van der Waals surface area (Å²) in [6, 6.07) is 35.2. The topological polar surface area (TPSA) is 63.2 Å². The second-order valence-electron chi connectivity index (χ2n) is 8.69. The van der Waals surface area contributed by atoms with Crippen molar-refractivity contribution in [2.24, 2.45) is 0 Å². The number of amides is 1. The predicted octanol–water partition coefficient (Wildman–Crippen LogP) is 6.75. The summed E-state index contributed by atoms with van der Waals surface area (Å²) in [6.07, 6.45) is 5.00. The largest absolute Gasteiger partial charge is 0.269 e. The molecule has 37 heavy (non-hydrogen) atoms. The average molecular weight is 508 g/mol. The lowest BCUT2D eigenvalue weighted by Crippen LogP contribution is -2.29. The van der Waals surface area contributed by atoms with Gasteiger partial charge in [-0.05, 0) is 59.4 Å². The van der Waals surface area contributed by atoms with Gasteiger partial charge < -0.3 is 0 Å². The van der Waals surface area contributed by atoms with Crippen LogP contribution in [0.1, 0.15) is 40.7 Å². The van der Waals surface area contributed by atoms with E-state index < -0.39 is 15.9 Å². The molecule has 0 spiro atoms. The number of allylic oxidation sites excluding steroid dienone is 2. The third kappa shape index (κ3) is 6.32. The van der Waals surface area contributed by atoms with Crippen molar-refractivity contribution in [2.45, 2.75) is 24.7 Å². The summed E-state index contributed by atoms with van der Waals surface area (Å²) >= 11 is 0. The number of nitrogens with one attached hydrogen (secondary N) is 1. The molecule has 4 aromatic rings. The monoisotopic (exact) mass is 507 g/mol. The highest BCUT2D eigenvalue weighted by Crippen LogP contribution is 2.37. The molecule has 186 valence electrons. The van der Waals surface area contributed by atoms with Crippen LogP contribution in [0.3, 0.4) is 0 Å². The summed E-state index contributed by atoms with van der Waals surface area (Å²) in [7, 11) is -3.94. The zero-order valence-corrected chi connectivity index (χ0v) is 21.7. The Morgan fingerprint density at radius 2 is 1.32 bits per heavy atom. The summed E-state index contributed by atoms with van der Waals surface area (Å²) < 4.78 is 27.2. The summed E-state index contributed by atoms with van der Waals surface area (Å²) in [5.74, 6) is -0.663. The number of hydrogen-bond acceptors (Lipinski definition) is 3. The van der Waals surface area contributed by atoms with Crippen molar-refractivity contribution in [1.29, 1.82) is 0 Å². The van der Waals surface area contributed by atoms with E-state index >= 15 is 0 Å². The Labute approximate surface area is 219 Å². The zero-order chi connectivity index (χ0) is 26.3. The normalized spacial score (nSPS) is 12.9. The number of carbonyl (C=O) groups excluding carboxylic acids is 1. The van der Waals surface area contributed by atoms with E-state index in [1.165, 1.54) is 23.3 Å². The van der Waals surface area contributed by atoms with Gasteiger partial charge in [0, 0.05) is 12.0 Å². The Hall–Kier alpha value is -4.22. The quantitative estimate of drug-likeness (QED) is 0.268. The van der Waals surface area contributed by atoms with Crippen LogP contribution < -0.4 is 4.72 Å². The Morgan fingerprint density at radius 1 is 0.757 bits per heavy atom. The molecule has 4 aromatic carbocycles. The number of hydrogen-bond donors (Lipinski definition) is 1. The number of benzene rings is 4. The fourth-order valence-electron chi connectivity index (χ4n) is 4.38. The molecule has 4 nitrogen and oxygen atoms in total. The first kappa shape index (κ1) is 25.9. The van der Waals surface area contributed by atoms with Gasteiger partial charge in [-0.2, -0.15) is 0 Å². The van der Waals surface area contributed by atoms with Crippen LogP contribution >= 0.6 is 0 Å². The second-order valence-corrected chi connectivity index (χ2v) is 10.3. The Balaban J connectivity index is 1.56. The lowest BCUT2D eigenvalue weighted by molar-refractivity contribution is -0.114. The Morgan fingerprint density at radius 3 is 1.95 bits per heavy atom. The van der Waals surface area contributed by atoms with Crippen LogP contribution in [-0.4, -0.2) is 14.3 Å².